The smallest absolute Gasteiger partial charge is 0.394 e. The van der Waals surface area contributed by atoms with Gasteiger partial charge in [0.1, 0.15) is 5.75 Å². The Morgan fingerprint density at radius 2 is 1.62 bits per heavy atom. The van der Waals surface area contributed by atoms with E-state index in [0.717, 1.165) is 38.5 Å². The monoisotopic (exact) mass is 474 g/mol. The second-order valence-corrected chi connectivity index (χ2v) is 12.8. The summed E-state index contributed by atoms with van der Waals surface area (Å²) in [5.74, 6) is 2.78. The number of fused-ring (bicyclic) bond motifs is 5. The Kier molecular flexibility index (Phi) is 5.71. The fourth-order valence-corrected chi connectivity index (χ4v) is 8.96. The molecule has 0 heterocycles. The van der Waals surface area contributed by atoms with Crippen LogP contribution in [0.5, 0.6) is 5.75 Å². The Balaban J connectivity index is 1.33. The number of hydrogen-bond acceptors (Lipinski definition) is 3. The van der Waals surface area contributed by atoms with Crippen molar-refractivity contribution >= 4 is 5.78 Å². The minimum atomic E-state index is -3.24. The van der Waals surface area contributed by atoms with Crippen molar-refractivity contribution in [3.63, 3.8) is 0 Å². The molecule has 4 fully saturated rings. The average molecular weight is 475 g/mol. The van der Waals surface area contributed by atoms with Crippen LogP contribution in [-0.4, -0.2) is 22.6 Å². The van der Waals surface area contributed by atoms with Crippen LogP contribution in [0.4, 0.5) is 8.78 Å². The summed E-state index contributed by atoms with van der Waals surface area (Å²) in [7, 11) is 0. The van der Waals surface area contributed by atoms with Crippen molar-refractivity contribution in [2.45, 2.75) is 97.2 Å². The van der Waals surface area contributed by atoms with Crippen molar-refractivity contribution in [1.82, 2.24) is 0 Å². The van der Waals surface area contributed by atoms with Crippen LogP contribution in [0.25, 0.3) is 0 Å². The van der Waals surface area contributed by atoms with Gasteiger partial charge in [-0.1, -0.05) is 13.8 Å². The molecule has 0 unspecified atom stereocenters. The van der Waals surface area contributed by atoms with Gasteiger partial charge in [0, 0.05) is 18.4 Å². The Morgan fingerprint density at radius 1 is 0.941 bits per heavy atom. The van der Waals surface area contributed by atoms with Gasteiger partial charge in [-0.3, -0.25) is 4.79 Å². The van der Waals surface area contributed by atoms with Gasteiger partial charge in [0.15, 0.2) is 5.78 Å². The van der Waals surface area contributed by atoms with Crippen molar-refractivity contribution in [2.24, 2.45) is 40.4 Å². The summed E-state index contributed by atoms with van der Waals surface area (Å²) in [6, 6.07) is 6.25. The molecule has 0 radical (unpaired) electrons. The molecule has 4 aliphatic carbocycles. The fraction of sp³-hybridized carbons (Fsp3) is 0.759. The highest BCUT2D eigenvalue weighted by Gasteiger charge is 2.61. The molecular formula is C29H40F2O3. The molecule has 8 atom stereocenters. The summed E-state index contributed by atoms with van der Waals surface area (Å²) in [5, 5.41) is 10.7. The largest absolute Gasteiger partial charge is 0.433 e. The number of carbonyl (C=O) groups excluding carboxylic acids is 1. The summed E-state index contributed by atoms with van der Waals surface area (Å²) in [4.78, 5) is 13.6. The molecule has 1 aromatic carbocycles. The maximum absolute atomic E-state index is 13.6. The zero-order valence-electron chi connectivity index (χ0n) is 21.1. The molecule has 5 heteroatoms. The molecule has 1 aromatic rings. The molecule has 0 saturated heterocycles. The van der Waals surface area contributed by atoms with Crippen molar-refractivity contribution in [1.29, 1.82) is 0 Å². The van der Waals surface area contributed by atoms with Crippen LogP contribution in [0.1, 0.15) is 95.8 Å². The lowest BCUT2D eigenvalue weighted by Gasteiger charge is -2.61. The highest BCUT2D eigenvalue weighted by atomic mass is 19.3. The number of carbonyl (C=O) groups is 1. The van der Waals surface area contributed by atoms with E-state index in [0.29, 0.717) is 41.6 Å². The molecule has 5 rings (SSSR count). The fourth-order valence-electron chi connectivity index (χ4n) is 8.96. The van der Waals surface area contributed by atoms with Gasteiger partial charge in [-0.15, -0.1) is 0 Å². The lowest BCUT2D eigenvalue weighted by Crippen LogP contribution is -2.55. The normalized spacial score (nSPS) is 44.0. The molecule has 188 valence electrons. The van der Waals surface area contributed by atoms with E-state index in [1.54, 1.807) is 12.1 Å². The summed E-state index contributed by atoms with van der Waals surface area (Å²) in [6.45, 7) is 7.56. The highest BCUT2D eigenvalue weighted by Crippen LogP contribution is 2.68. The number of benzene rings is 1. The molecule has 3 nitrogen and oxygen atoms in total. The van der Waals surface area contributed by atoms with Crippen molar-refractivity contribution in [3.05, 3.63) is 29.8 Å². The Hall–Kier alpha value is -1.49. The molecule has 0 spiro atoms. The molecule has 0 amide bonds. The third kappa shape index (κ3) is 4.00. The van der Waals surface area contributed by atoms with Crippen LogP contribution in [0.3, 0.4) is 0 Å². The zero-order valence-corrected chi connectivity index (χ0v) is 21.1. The van der Waals surface area contributed by atoms with Gasteiger partial charge >= 0.3 is 6.11 Å². The quantitative estimate of drug-likeness (QED) is 0.467. The van der Waals surface area contributed by atoms with E-state index in [9.17, 15) is 18.7 Å². The predicted octanol–water partition coefficient (Wildman–Crippen LogP) is 7.27. The minimum Gasteiger partial charge on any atom is -0.433 e. The van der Waals surface area contributed by atoms with E-state index in [1.165, 1.54) is 31.4 Å². The van der Waals surface area contributed by atoms with Crippen LogP contribution in [0, 0.1) is 40.4 Å². The number of alkyl halides is 2. The Labute approximate surface area is 202 Å². The van der Waals surface area contributed by atoms with Crippen LogP contribution < -0.4 is 4.74 Å². The third-order valence-electron chi connectivity index (χ3n) is 10.7. The van der Waals surface area contributed by atoms with Crippen LogP contribution in [0.15, 0.2) is 24.3 Å². The summed E-state index contributed by atoms with van der Waals surface area (Å²) < 4.78 is 30.9. The first kappa shape index (κ1) is 24.2. The van der Waals surface area contributed by atoms with E-state index in [-0.39, 0.29) is 22.9 Å². The molecule has 0 bridgehead atoms. The van der Waals surface area contributed by atoms with Crippen molar-refractivity contribution in [2.75, 3.05) is 0 Å². The van der Waals surface area contributed by atoms with Gasteiger partial charge in [0.25, 0.3) is 0 Å². The molecule has 4 aliphatic rings. The number of halogens is 2. The Bertz CT molecular complexity index is 936. The average Bonchev–Trinajstić information content (AvgIpc) is 3.10. The first-order valence-corrected chi connectivity index (χ1v) is 13.3. The molecule has 34 heavy (non-hydrogen) atoms. The molecule has 1 N–H and O–H groups in total. The molecule has 0 aliphatic heterocycles. The minimum absolute atomic E-state index is 0.00421. The maximum atomic E-state index is 13.6. The maximum Gasteiger partial charge on any atom is 0.394 e. The number of aliphatic hydroxyl groups is 1. The van der Waals surface area contributed by atoms with E-state index in [2.05, 4.69) is 18.6 Å². The number of Topliss-reactive ketones (excluding diaryl/α,β-unsaturated/α-hetero) is 1. The SMILES string of the molecule is CC(F)(F)Oc1ccc(C(=O)[C@H]2CC[C@H]3[C@@H]4CC[C@H]5C[C@](C)(O)CC[C@]5(C)[C@H]4CC[C@]23C)cc1. The highest BCUT2D eigenvalue weighted by molar-refractivity contribution is 5.98. The van der Waals surface area contributed by atoms with E-state index in [4.69, 9.17) is 0 Å². The first-order chi connectivity index (χ1) is 15.8. The number of ether oxygens (including phenoxy) is 1. The second kappa shape index (κ2) is 8.01. The lowest BCUT2D eigenvalue weighted by molar-refractivity contribution is -0.158. The van der Waals surface area contributed by atoms with Gasteiger partial charge in [-0.25, -0.2) is 0 Å². The van der Waals surface area contributed by atoms with Gasteiger partial charge in [0.05, 0.1) is 5.60 Å². The molecule has 0 aromatic heterocycles. The number of hydrogen-bond donors (Lipinski definition) is 1. The predicted molar refractivity (Wildman–Crippen MR) is 128 cm³/mol. The topological polar surface area (TPSA) is 46.5 Å². The zero-order chi connectivity index (χ0) is 24.5. The van der Waals surface area contributed by atoms with Gasteiger partial charge < -0.3 is 9.84 Å². The second-order valence-electron chi connectivity index (χ2n) is 12.8. The van der Waals surface area contributed by atoms with E-state index in [1.807, 2.05) is 6.92 Å². The lowest BCUT2D eigenvalue weighted by atomic mass is 9.44. The van der Waals surface area contributed by atoms with Gasteiger partial charge in [0.2, 0.25) is 0 Å². The van der Waals surface area contributed by atoms with Crippen molar-refractivity contribution < 1.29 is 23.4 Å². The molecule has 4 saturated carbocycles. The summed E-state index contributed by atoms with van der Waals surface area (Å²) in [6.07, 6.45) is 6.41. The van der Waals surface area contributed by atoms with Crippen LogP contribution >= 0.6 is 0 Å². The number of ketones is 1. The Morgan fingerprint density at radius 3 is 2.29 bits per heavy atom. The summed E-state index contributed by atoms with van der Waals surface area (Å²) in [5.41, 5.74) is 0.406. The molecular weight excluding hydrogens is 434 g/mol. The van der Waals surface area contributed by atoms with E-state index < -0.39 is 11.7 Å². The standard InChI is InChI=1S/C29H40F2O3/c1-26(33)15-16-27(2)19(17-26)7-10-21-22-11-12-24(28(22,3)14-13-23(21)27)25(32)18-5-8-20(9-6-18)34-29(4,30)31/h5-6,8-9,19,21-24,33H,7,10-17H2,1-4H3/t19-,21-,22-,23-,24+,26+,27-,28-/m0/s1. The van der Waals surface area contributed by atoms with Crippen LogP contribution in [0.2, 0.25) is 0 Å². The first-order valence-electron chi connectivity index (χ1n) is 13.3. The summed E-state index contributed by atoms with van der Waals surface area (Å²) >= 11 is 0. The van der Waals surface area contributed by atoms with Crippen molar-refractivity contribution in [3.8, 4) is 5.75 Å². The number of rotatable bonds is 4. The third-order valence-corrected chi connectivity index (χ3v) is 10.7. The van der Waals surface area contributed by atoms with E-state index >= 15 is 0 Å². The van der Waals surface area contributed by atoms with Crippen LogP contribution in [-0.2, 0) is 0 Å². The van der Waals surface area contributed by atoms with Gasteiger partial charge in [-0.05, 0) is 123 Å². The van der Waals surface area contributed by atoms with Gasteiger partial charge in [-0.2, -0.15) is 8.78 Å².